The first-order chi connectivity index (χ1) is 9.84. The minimum absolute atomic E-state index is 0.145. The number of esters is 1. The summed E-state index contributed by atoms with van der Waals surface area (Å²) in [5.41, 5.74) is 5.33. The topological polar surface area (TPSA) is 98.1 Å². The van der Waals surface area contributed by atoms with Crippen LogP contribution in [-0.4, -0.2) is 17.1 Å². The number of nitrogens with two attached hydrogens (primary N) is 1. The van der Waals surface area contributed by atoms with Crippen LogP contribution in [0, 0.1) is 16.7 Å². The van der Waals surface area contributed by atoms with Gasteiger partial charge in [-0.05, 0) is 39.2 Å². The van der Waals surface area contributed by atoms with Crippen molar-refractivity contribution in [2.45, 2.75) is 39.7 Å². The van der Waals surface area contributed by atoms with Gasteiger partial charge in [-0.3, -0.25) is 9.59 Å². The van der Waals surface area contributed by atoms with Crippen LogP contribution in [0.4, 0.5) is 5.69 Å². The van der Waals surface area contributed by atoms with E-state index in [1.165, 1.54) is 22.9 Å². The lowest BCUT2D eigenvalue weighted by molar-refractivity contribution is -0.144. The molecule has 0 saturated heterocycles. The smallest absolute Gasteiger partial charge is 0.326 e. The molecule has 1 aromatic rings. The summed E-state index contributed by atoms with van der Waals surface area (Å²) < 4.78 is 6.29. The zero-order chi connectivity index (χ0) is 15.9. The third-order valence-corrected chi connectivity index (χ3v) is 3.07. The van der Waals surface area contributed by atoms with Gasteiger partial charge >= 0.3 is 5.97 Å². The first kappa shape index (κ1) is 16.8. The molecule has 2 N–H and O–H groups in total. The number of nitrogen functional groups attached to an aromatic ring is 1. The summed E-state index contributed by atoms with van der Waals surface area (Å²) in [4.78, 5) is 23.1. The van der Waals surface area contributed by atoms with Gasteiger partial charge in [0.15, 0.2) is 0 Å². The van der Waals surface area contributed by atoms with Gasteiger partial charge in [-0.2, -0.15) is 5.26 Å². The number of rotatable bonds is 7. The largest absolute Gasteiger partial charge is 0.464 e. The van der Waals surface area contributed by atoms with Crippen molar-refractivity contribution in [2.75, 3.05) is 12.3 Å². The molecule has 1 heterocycles. The lowest BCUT2D eigenvalue weighted by Gasteiger charge is -2.14. The molecule has 0 spiro atoms. The van der Waals surface area contributed by atoms with Crippen molar-refractivity contribution in [1.29, 1.82) is 5.26 Å². The Bertz CT molecular complexity index is 585. The van der Waals surface area contributed by atoms with E-state index in [1.807, 2.05) is 13.8 Å². The standard InChI is InChI=1S/C15H21N3O3/c1-15(2,11-16)7-3-4-8-21-14(20)10-18-9-12(17)5-6-13(18)19/h5-6,9H,3-4,7-8,10,17H2,1-2H3. The van der Waals surface area contributed by atoms with Crippen molar-refractivity contribution in [3.05, 3.63) is 28.7 Å². The van der Waals surface area contributed by atoms with Crippen LogP contribution in [0.1, 0.15) is 33.1 Å². The summed E-state index contributed by atoms with van der Waals surface area (Å²) in [5, 5.41) is 8.87. The van der Waals surface area contributed by atoms with Gasteiger partial charge in [0, 0.05) is 18.0 Å². The zero-order valence-electron chi connectivity index (χ0n) is 12.5. The van der Waals surface area contributed by atoms with Crippen LogP contribution in [-0.2, 0) is 16.1 Å². The quantitative estimate of drug-likeness (QED) is 0.609. The minimum Gasteiger partial charge on any atom is -0.464 e. The Labute approximate surface area is 124 Å². The number of unbranched alkanes of at least 4 members (excludes halogenated alkanes) is 1. The molecule has 6 heteroatoms. The number of ether oxygens (including phenoxy) is 1. The van der Waals surface area contributed by atoms with Gasteiger partial charge in [0.05, 0.1) is 18.1 Å². The van der Waals surface area contributed by atoms with Crippen molar-refractivity contribution >= 4 is 11.7 Å². The first-order valence-electron chi connectivity index (χ1n) is 6.87. The Morgan fingerprint density at radius 1 is 1.43 bits per heavy atom. The summed E-state index contributed by atoms with van der Waals surface area (Å²) >= 11 is 0. The van der Waals surface area contributed by atoms with Crippen molar-refractivity contribution in [3.8, 4) is 6.07 Å². The van der Waals surface area contributed by atoms with E-state index >= 15 is 0 Å². The number of aromatic nitrogens is 1. The van der Waals surface area contributed by atoms with Gasteiger partial charge in [0.1, 0.15) is 6.54 Å². The van der Waals surface area contributed by atoms with E-state index in [0.717, 1.165) is 12.8 Å². The molecule has 0 atom stereocenters. The molecule has 0 amide bonds. The highest BCUT2D eigenvalue weighted by Crippen LogP contribution is 2.21. The predicted octanol–water partition coefficient (Wildman–Crippen LogP) is 1.69. The summed E-state index contributed by atoms with van der Waals surface area (Å²) in [7, 11) is 0. The maximum atomic E-state index is 11.6. The number of nitrogens with zero attached hydrogens (tertiary/aromatic N) is 2. The average Bonchev–Trinajstić information content (AvgIpc) is 2.42. The Morgan fingerprint density at radius 2 is 2.14 bits per heavy atom. The van der Waals surface area contributed by atoms with E-state index in [9.17, 15) is 9.59 Å². The van der Waals surface area contributed by atoms with E-state index < -0.39 is 5.97 Å². The molecule has 6 nitrogen and oxygen atoms in total. The maximum absolute atomic E-state index is 11.6. The predicted molar refractivity (Wildman–Crippen MR) is 79.3 cm³/mol. The van der Waals surface area contributed by atoms with Gasteiger partial charge in [-0.25, -0.2) is 0 Å². The SMILES string of the molecule is CC(C)(C#N)CCCCOC(=O)Cn1cc(N)ccc1=O. The normalized spacial score (nSPS) is 10.9. The van der Waals surface area contributed by atoms with Crippen LogP contribution >= 0.6 is 0 Å². The Morgan fingerprint density at radius 3 is 2.81 bits per heavy atom. The van der Waals surface area contributed by atoms with E-state index in [1.54, 1.807) is 0 Å². The molecule has 0 aliphatic heterocycles. The van der Waals surface area contributed by atoms with Crippen LogP contribution in [0.2, 0.25) is 0 Å². The summed E-state index contributed by atoms with van der Waals surface area (Å²) in [6.45, 7) is 3.90. The fraction of sp³-hybridized carbons (Fsp3) is 0.533. The van der Waals surface area contributed by atoms with E-state index in [-0.39, 0.29) is 24.1 Å². The van der Waals surface area contributed by atoms with Gasteiger partial charge < -0.3 is 15.0 Å². The zero-order valence-corrected chi connectivity index (χ0v) is 12.5. The second kappa shape index (κ2) is 7.48. The van der Waals surface area contributed by atoms with Gasteiger partial charge in [-0.1, -0.05) is 0 Å². The highest BCUT2D eigenvalue weighted by molar-refractivity contribution is 5.69. The summed E-state index contributed by atoms with van der Waals surface area (Å²) in [5.74, 6) is -0.470. The molecule has 0 bridgehead atoms. The van der Waals surface area contributed by atoms with Crippen molar-refractivity contribution in [1.82, 2.24) is 4.57 Å². The van der Waals surface area contributed by atoms with Crippen molar-refractivity contribution in [2.24, 2.45) is 5.41 Å². The second-order valence-electron chi connectivity index (χ2n) is 5.60. The average molecular weight is 291 g/mol. The fourth-order valence-electron chi connectivity index (χ4n) is 1.77. The number of carbonyl (C=O) groups is 1. The molecule has 0 saturated carbocycles. The first-order valence-corrected chi connectivity index (χ1v) is 6.87. The number of anilines is 1. The number of carbonyl (C=O) groups excluding carboxylic acids is 1. The summed E-state index contributed by atoms with van der Waals surface area (Å²) in [6, 6.07) is 5.03. The highest BCUT2D eigenvalue weighted by Gasteiger charge is 2.15. The maximum Gasteiger partial charge on any atom is 0.326 e. The fourth-order valence-corrected chi connectivity index (χ4v) is 1.77. The van der Waals surface area contributed by atoms with Gasteiger partial charge in [0.25, 0.3) is 5.56 Å². The molecule has 114 valence electrons. The van der Waals surface area contributed by atoms with Crippen LogP contribution in [0.25, 0.3) is 0 Å². The lowest BCUT2D eigenvalue weighted by Crippen LogP contribution is -2.24. The van der Waals surface area contributed by atoms with E-state index in [4.69, 9.17) is 15.7 Å². The van der Waals surface area contributed by atoms with E-state index in [2.05, 4.69) is 6.07 Å². The highest BCUT2D eigenvalue weighted by atomic mass is 16.5. The van der Waals surface area contributed by atoms with Crippen molar-refractivity contribution in [3.63, 3.8) is 0 Å². The molecule has 21 heavy (non-hydrogen) atoms. The van der Waals surface area contributed by atoms with Crippen LogP contribution in [0.5, 0.6) is 0 Å². The lowest BCUT2D eigenvalue weighted by atomic mass is 9.89. The molecule has 0 radical (unpaired) electrons. The number of nitriles is 1. The third kappa shape index (κ3) is 6.13. The monoisotopic (exact) mass is 291 g/mol. The number of pyridine rings is 1. The molecule has 0 unspecified atom stereocenters. The minimum atomic E-state index is -0.470. The molecule has 0 aliphatic carbocycles. The van der Waals surface area contributed by atoms with Gasteiger partial charge in [0.2, 0.25) is 0 Å². The van der Waals surface area contributed by atoms with Crippen LogP contribution in [0.3, 0.4) is 0 Å². The Balaban J connectivity index is 2.31. The van der Waals surface area contributed by atoms with Crippen molar-refractivity contribution < 1.29 is 9.53 Å². The number of hydrogen-bond donors (Lipinski definition) is 1. The molecule has 0 aromatic carbocycles. The molecule has 0 aliphatic rings. The second-order valence-corrected chi connectivity index (χ2v) is 5.60. The van der Waals surface area contributed by atoms with Gasteiger partial charge in [-0.15, -0.1) is 0 Å². The molecular formula is C15H21N3O3. The molecular weight excluding hydrogens is 270 g/mol. The Hall–Kier alpha value is -2.29. The van der Waals surface area contributed by atoms with Crippen LogP contribution in [0.15, 0.2) is 23.1 Å². The van der Waals surface area contributed by atoms with E-state index in [0.29, 0.717) is 12.1 Å². The molecule has 1 rings (SSSR count). The third-order valence-electron chi connectivity index (χ3n) is 3.07. The molecule has 0 fully saturated rings. The van der Waals surface area contributed by atoms with Crippen LogP contribution < -0.4 is 11.3 Å². The molecule has 1 aromatic heterocycles. The number of hydrogen-bond acceptors (Lipinski definition) is 5. The summed E-state index contributed by atoms with van der Waals surface area (Å²) in [6.07, 6.45) is 3.68. The Kier molecular flexibility index (Phi) is 5.97.